The predicted octanol–water partition coefficient (Wildman–Crippen LogP) is 4.51. The minimum atomic E-state index is -0.0498. The average molecular weight is 316 g/mol. The fraction of sp³-hybridized carbons (Fsp3) is 0.190. The number of amides is 1. The van der Waals surface area contributed by atoms with E-state index in [4.69, 9.17) is 0 Å². The molecule has 120 valence electrons. The topological polar surface area (TPSA) is 34.0 Å². The first kappa shape index (κ1) is 14.8. The van der Waals surface area contributed by atoms with E-state index in [1.807, 2.05) is 12.1 Å². The Kier molecular flexibility index (Phi) is 3.49. The molecule has 24 heavy (non-hydrogen) atoms. The van der Waals surface area contributed by atoms with Crippen molar-refractivity contribution in [1.29, 1.82) is 0 Å². The lowest BCUT2D eigenvalue weighted by atomic mass is 9.90. The van der Waals surface area contributed by atoms with Gasteiger partial charge in [-0.2, -0.15) is 0 Å². The zero-order chi connectivity index (χ0) is 16.7. The van der Waals surface area contributed by atoms with Crippen LogP contribution < -0.4 is 5.32 Å². The van der Waals surface area contributed by atoms with Crippen molar-refractivity contribution in [3.63, 3.8) is 0 Å². The number of aromatic nitrogens is 1. The van der Waals surface area contributed by atoms with Crippen LogP contribution in [0.1, 0.15) is 23.7 Å². The van der Waals surface area contributed by atoms with E-state index in [1.54, 1.807) is 0 Å². The number of rotatable bonds is 2. The molecule has 0 atom stereocenters. The van der Waals surface area contributed by atoms with Crippen LogP contribution in [0.25, 0.3) is 16.9 Å². The predicted molar refractivity (Wildman–Crippen MR) is 97.7 cm³/mol. The first-order valence-electron chi connectivity index (χ1n) is 8.31. The van der Waals surface area contributed by atoms with E-state index in [2.05, 4.69) is 59.3 Å². The van der Waals surface area contributed by atoms with Gasteiger partial charge in [-0.05, 0) is 61.2 Å². The first-order chi connectivity index (χ1) is 11.6. The second-order valence-electron chi connectivity index (χ2n) is 6.38. The number of fused-ring (bicyclic) bond motifs is 3. The van der Waals surface area contributed by atoms with Gasteiger partial charge < -0.3 is 9.88 Å². The van der Waals surface area contributed by atoms with Crippen molar-refractivity contribution in [2.75, 3.05) is 5.32 Å². The molecular formula is C21H20N2O. The van der Waals surface area contributed by atoms with Crippen molar-refractivity contribution in [3.05, 3.63) is 71.4 Å². The molecule has 0 unspecified atom stereocenters. The third kappa shape index (κ3) is 2.42. The summed E-state index contributed by atoms with van der Waals surface area (Å²) < 4.78 is 2.32. The van der Waals surface area contributed by atoms with E-state index in [0.717, 1.165) is 24.2 Å². The number of nitrogens with zero attached hydrogens (tertiary/aromatic N) is 1. The highest BCUT2D eigenvalue weighted by molar-refractivity contribution is 5.88. The summed E-state index contributed by atoms with van der Waals surface area (Å²) in [5, 5.41) is 2.82. The summed E-state index contributed by atoms with van der Waals surface area (Å²) in [6, 6.07) is 19.0. The fourth-order valence-electron chi connectivity index (χ4n) is 3.66. The van der Waals surface area contributed by atoms with Crippen LogP contribution in [0.4, 0.5) is 5.69 Å². The molecule has 3 nitrogen and oxygen atoms in total. The molecule has 1 aliphatic rings. The third-order valence-electron chi connectivity index (χ3n) is 4.65. The Hall–Kier alpha value is -2.81. The van der Waals surface area contributed by atoms with Crippen LogP contribution in [0.3, 0.4) is 0 Å². The highest BCUT2D eigenvalue weighted by Crippen LogP contribution is 2.37. The molecule has 0 saturated heterocycles. The SMILES string of the molecule is CC(=O)Nc1ccc(-n2c(C)cc3c2-c2ccccc2CC3)cc1. The molecule has 0 spiro atoms. The van der Waals surface area contributed by atoms with Crippen molar-refractivity contribution in [3.8, 4) is 16.9 Å². The molecule has 0 radical (unpaired) electrons. The van der Waals surface area contributed by atoms with Crippen LogP contribution in [-0.2, 0) is 17.6 Å². The minimum Gasteiger partial charge on any atom is -0.326 e. The second kappa shape index (κ2) is 5.68. The number of aryl methyl sites for hydroxylation is 3. The Labute approximate surface area is 141 Å². The van der Waals surface area contributed by atoms with Gasteiger partial charge in [0.2, 0.25) is 5.91 Å². The van der Waals surface area contributed by atoms with E-state index in [1.165, 1.54) is 35.0 Å². The molecule has 3 heteroatoms. The summed E-state index contributed by atoms with van der Waals surface area (Å²) in [4.78, 5) is 11.2. The Morgan fingerprint density at radius 2 is 1.71 bits per heavy atom. The van der Waals surface area contributed by atoms with Crippen molar-refractivity contribution >= 4 is 11.6 Å². The van der Waals surface area contributed by atoms with E-state index in [0.29, 0.717) is 0 Å². The lowest BCUT2D eigenvalue weighted by Gasteiger charge is -2.20. The molecular weight excluding hydrogens is 296 g/mol. The van der Waals surface area contributed by atoms with Crippen LogP contribution in [0.2, 0.25) is 0 Å². The van der Waals surface area contributed by atoms with Crippen molar-refractivity contribution in [2.24, 2.45) is 0 Å². The quantitative estimate of drug-likeness (QED) is 0.741. The Morgan fingerprint density at radius 1 is 1.00 bits per heavy atom. The maximum Gasteiger partial charge on any atom is 0.221 e. The molecule has 1 N–H and O–H groups in total. The van der Waals surface area contributed by atoms with Gasteiger partial charge in [0, 0.05) is 29.6 Å². The average Bonchev–Trinajstić information content (AvgIpc) is 2.91. The number of hydrogen-bond acceptors (Lipinski definition) is 1. The summed E-state index contributed by atoms with van der Waals surface area (Å²) in [7, 11) is 0. The molecule has 2 aromatic carbocycles. The zero-order valence-electron chi connectivity index (χ0n) is 14.0. The van der Waals surface area contributed by atoms with Gasteiger partial charge in [-0.15, -0.1) is 0 Å². The summed E-state index contributed by atoms with van der Waals surface area (Å²) >= 11 is 0. The Bertz CT molecular complexity index is 920. The number of hydrogen-bond donors (Lipinski definition) is 1. The summed E-state index contributed by atoms with van der Waals surface area (Å²) in [6.07, 6.45) is 2.19. The largest absolute Gasteiger partial charge is 0.326 e. The van der Waals surface area contributed by atoms with Crippen molar-refractivity contribution in [2.45, 2.75) is 26.7 Å². The second-order valence-corrected chi connectivity index (χ2v) is 6.38. The summed E-state index contributed by atoms with van der Waals surface area (Å²) in [5.74, 6) is -0.0498. The van der Waals surface area contributed by atoms with Gasteiger partial charge in [-0.1, -0.05) is 24.3 Å². The maximum absolute atomic E-state index is 11.2. The Balaban J connectivity index is 1.83. The molecule has 1 amide bonds. The van der Waals surface area contributed by atoms with Gasteiger partial charge in [0.05, 0.1) is 5.69 Å². The molecule has 4 rings (SSSR count). The minimum absolute atomic E-state index is 0.0498. The van der Waals surface area contributed by atoms with E-state index >= 15 is 0 Å². The number of carbonyl (C=O) groups excluding carboxylic acids is 1. The smallest absolute Gasteiger partial charge is 0.221 e. The summed E-state index contributed by atoms with van der Waals surface area (Å²) in [6.45, 7) is 3.68. The lowest BCUT2D eigenvalue weighted by molar-refractivity contribution is -0.114. The van der Waals surface area contributed by atoms with Gasteiger partial charge in [-0.3, -0.25) is 4.79 Å². The number of benzene rings is 2. The van der Waals surface area contributed by atoms with Gasteiger partial charge >= 0.3 is 0 Å². The normalized spacial score (nSPS) is 12.4. The van der Waals surface area contributed by atoms with Crippen LogP contribution in [0.5, 0.6) is 0 Å². The molecule has 0 saturated carbocycles. The first-order valence-corrected chi connectivity index (χ1v) is 8.31. The number of nitrogens with one attached hydrogen (secondary N) is 1. The van der Waals surface area contributed by atoms with Crippen LogP contribution >= 0.6 is 0 Å². The Morgan fingerprint density at radius 3 is 2.46 bits per heavy atom. The molecule has 1 aliphatic carbocycles. The standard InChI is InChI=1S/C21H20N2O/c1-14-13-17-8-7-16-5-3-4-6-20(16)21(17)23(14)19-11-9-18(10-12-19)22-15(2)24/h3-6,9-13H,7-8H2,1-2H3,(H,22,24). The highest BCUT2D eigenvalue weighted by atomic mass is 16.1. The zero-order valence-corrected chi connectivity index (χ0v) is 14.0. The lowest BCUT2D eigenvalue weighted by Crippen LogP contribution is -2.08. The van der Waals surface area contributed by atoms with Crippen LogP contribution in [-0.4, -0.2) is 10.5 Å². The van der Waals surface area contributed by atoms with E-state index in [-0.39, 0.29) is 5.91 Å². The molecule has 1 aromatic heterocycles. The molecule has 0 fully saturated rings. The van der Waals surface area contributed by atoms with Crippen molar-refractivity contribution in [1.82, 2.24) is 4.57 Å². The fourth-order valence-corrected chi connectivity index (χ4v) is 3.66. The van der Waals surface area contributed by atoms with Gasteiger partial charge in [0.1, 0.15) is 0 Å². The molecule has 0 aliphatic heterocycles. The van der Waals surface area contributed by atoms with Gasteiger partial charge in [-0.25, -0.2) is 0 Å². The van der Waals surface area contributed by atoms with E-state index in [9.17, 15) is 4.79 Å². The molecule has 0 bridgehead atoms. The van der Waals surface area contributed by atoms with Crippen LogP contribution in [0.15, 0.2) is 54.6 Å². The van der Waals surface area contributed by atoms with Crippen LogP contribution in [0, 0.1) is 6.92 Å². The third-order valence-corrected chi connectivity index (χ3v) is 4.65. The maximum atomic E-state index is 11.2. The molecule has 1 heterocycles. The molecule has 3 aromatic rings. The monoisotopic (exact) mass is 316 g/mol. The number of anilines is 1. The van der Waals surface area contributed by atoms with E-state index < -0.39 is 0 Å². The van der Waals surface area contributed by atoms with Gasteiger partial charge in [0.15, 0.2) is 0 Å². The van der Waals surface area contributed by atoms with Gasteiger partial charge in [0.25, 0.3) is 0 Å². The highest BCUT2D eigenvalue weighted by Gasteiger charge is 2.22. The number of carbonyl (C=O) groups is 1. The van der Waals surface area contributed by atoms with Crippen molar-refractivity contribution < 1.29 is 4.79 Å². The summed E-state index contributed by atoms with van der Waals surface area (Å²) in [5.41, 5.74) is 8.66.